The molecule has 0 spiro atoms. The van der Waals surface area contributed by atoms with Crippen LogP contribution in [0.5, 0.6) is 11.5 Å². The molecule has 3 aromatic rings. The van der Waals surface area contributed by atoms with Gasteiger partial charge >= 0.3 is 5.97 Å². The average Bonchev–Trinajstić information content (AvgIpc) is 3.60. The molecular weight excluding hydrogens is 500 g/mol. The number of amides is 1. The quantitative estimate of drug-likeness (QED) is 0.292. The lowest BCUT2D eigenvalue weighted by atomic mass is 9.95. The summed E-state index contributed by atoms with van der Waals surface area (Å²) in [6.07, 6.45) is 1.33. The molecule has 2 aromatic heterocycles. The van der Waals surface area contributed by atoms with Gasteiger partial charge in [0.2, 0.25) is 5.78 Å². The lowest BCUT2D eigenvalue weighted by Gasteiger charge is -2.25. The van der Waals surface area contributed by atoms with Crippen molar-refractivity contribution in [1.82, 2.24) is 4.98 Å². The van der Waals surface area contributed by atoms with Crippen LogP contribution in [-0.4, -0.2) is 47.6 Å². The standard InChI is InChI=1S/C26H26N2O8S/c1-5-33-16-11-10-15(13-18(16)34-6-2)20-19(21(29)17-9-8-12-36-17)22(30)24(31)28(20)26-27-14(4)23(37-26)25(32)35-7-3/h8-13,20,30H,5-7H2,1-4H3. The molecular formula is C26H26N2O8S. The van der Waals surface area contributed by atoms with Gasteiger partial charge in [0, 0.05) is 0 Å². The van der Waals surface area contributed by atoms with Crippen molar-refractivity contribution < 1.29 is 38.1 Å². The number of ether oxygens (including phenoxy) is 3. The number of hydrogen-bond acceptors (Lipinski definition) is 10. The first kappa shape index (κ1) is 26.0. The minimum Gasteiger partial charge on any atom is -0.503 e. The van der Waals surface area contributed by atoms with Crippen molar-refractivity contribution in [2.45, 2.75) is 33.7 Å². The van der Waals surface area contributed by atoms with Crippen molar-refractivity contribution in [3.8, 4) is 11.5 Å². The third kappa shape index (κ3) is 4.82. The molecule has 10 nitrogen and oxygen atoms in total. The first-order valence-electron chi connectivity index (χ1n) is 11.7. The first-order valence-corrected chi connectivity index (χ1v) is 12.5. The van der Waals surface area contributed by atoms with Gasteiger partial charge in [-0.15, -0.1) is 0 Å². The summed E-state index contributed by atoms with van der Waals surface area (Å²) in [4.78, 5) is 45.1. The molecule has 1 amide bonds. The Labute approximate surface area is 217 Å². The van der Waals surface area contributed by atoms with Crippen molar-refractivity contribution in [2.24, 2.45) is 0 Å². The number of rotatable bonds is 10. The van der Waals surface area contributed by atoms with Gasteiger partial charge in [-0.2, -0.15) is 0 Å². The van der Waals surface area contributed by atoms with E-state index in [-0.39, 0.29) is 27.9 Å². The second-order valence-corrected chi connectivity index (χ2v) is 8.83. The first-order chi connectivity index (χ1) is 17.8. The number of benzene rings is 1. The predicted molar refractivity (Wildman–Crippen MR) is 135 cm³/mol. The molecule has 37 heavy (non-hydrogen) atoms. The van der Waals surface area contributed by atoms with E-state index in [1.807, 2.05) is 13.8 Å². The van der Waals surface area contributed by atoms with Crippen LogP contribution in [0.2, 0.25) is 0 Å². The molecule has 1 atom stereocenters. The summed E-state index contributed by atoms with van der Waals surface area (Å²) in [7, 11) is 0. The zero-order valence-electron chi connectivity index (χ0n) is 20.8. The number of hydrogen-bond donors (Lipinski definition) is 1. The molecule has 1 aliphatic rings. The van der Waals surface area contributed by atoms with Gasteiger partial charge in [-0.25, -0.2) is 9.78 Å². The Bertz CT molecular complexity index is 1360. The van der Waals surface area contributed by atoms with Crippen molar-refractivity contribution in [3.63, 3.8) is 0 Å². The number of Topliss-reactive ketones (excluding diaryl/α,β-unsaturated/α-hetero) is 1. The van der Waals surface area contributed by atoms with Gasteiger partial charge in [0.1, 0.15) is 4.88 Å². The number of aliphatic hydroxyl groups is 1. The Morgan fingerprint density at radius 1 is 1.11 bits per heavy atom. The van der Waals surface area contributed by atoms with E-state index in [2.05, 4.69) is 4.98 Å². The summed E-state index contributed by atoms with van der Waals surface area (Å²) in [6, 6.07) is 6.91. The molecule has 1 N–H and O–H groups in total. The highest BCUT2D eigenvalue weighted by molar-refractivity contribution is 7.17. The number of nitrogens with zero attached hydrogens (tertiary/aromatic N) is 2. The van der Waals surface area contributed by atoms with Gasteiger partial charge in [-0.05, 0) is 57.5 Å². The van der Waals surface area contributed by atoms with Gasteiger partial charge in [-0.1, -0.05) is 17.4 Å². The number of furan rings is 1. The van der Waals surface area contributed by atoms with E-state index in [0.29, 0.717) is 36.0 Å². The summed E-state index contributed by atoms with van der Waals surface area (Å²) in [6.45, 7) is 7.90. The molecule has 11 heteroatoms. The number of carbonyl (C=O) groups excluding carboxylic acids is 3. The van der Waals surface area contributed by atoms with Crippen molar-refractivity contribution in [3.05, 3.63) is 69.8 Å². The summed E-state index contributed by atoms with van der Waals surface area (Å²) in [5, 5.41) is 11.0. The molecule has 0 aliphatic carbocycles. The van der Waals surface area contributed by atoms with E-state index < -0.39 is 29.5 Å². The van der Waals surface area contributed by atoms with Crippen LogP contribution in [0.15, 0.2) is 52.3 Å². The largest absolute Gasteiger partial charge is 0.503 e. The van der Waals surface area contributed by atoms with Crippen LogP contribution >= 0.6 is 11.3 Å². The maximum atomic E-state index is 13.4. The van der Waals surface area contributed by atoms with Gasteiger partial charge < -0.3 is 23.7 Å². The average molecular weight is 527 g/mol. The summed E-state index contributed by atoms with van der Waals surface area (Å²) in [5.74, 6) is -1.94. The zero-order chi connectivity index (χ0) is 26.7. The Morgan fingerprint density at radius 3 is 2.49 bits per heavy atom. The Morgan fingerprint density at radius 2 is 1.84 bits per heavy atom. The third-order valence-electron chi connectivity index (χ3n) is 5.53. The van der Waals surface area contributed by atoms with Gasteiger partial charge in [0.25, 0.3) is 5.91 Å². The maximum Gasteiger partial charge on any atom is 0.350 e. The van der Waals surface area contributed by atoms with Crippen LogP contribution in [0.1, 0.15) is 58.3 Å². The molecule has 0 bridgehead atoms. The number of aromatic nitrogens is 1. The topological polar surface area (TPSA) is 128 Å². The van der Waals surface area contributed by atoms with Crippen LogP contribution in [-0.2, 0) is 9.53 Å². The summed E-state index contributed by atoms with van der Waals surface area (Å²) in [5.41, 5.74) is 0.638. The minimum absolute atomic E-state index is 0.0419. The van der Waals surface area contributed by atoms with Gasteiger partial charge in [-0.3, -0.25) is 14.5 Å². The second-order valence-electron chi connectivity index (χ2n) is 7.85. The number of aryl methyl sites for hydroxylation is 1. The second kappa shape index (κ2) is 10.9. The normalized spacial score (nSPS) is 15.3. The van der Waals surface area contributed by atoms with E-state index in [9.17, 15) is 19.5 Å². The van der Waals surface area contributed by atoms with Gasteiger partial charge in [0.05, 0.1) is 43.4 Å². The van der Waals surface area contributed by atoms with Crippen molar-refractivity contribution in [1.29, 1.82) is 0 Å². The SMILES string of the molecule is CCOC(=O)c1sc(N2C(=O)C(O)=C(C(=O)c3ccco3)C2c2ccc(OCC)c(OCC)c2)nc1C. The maximum absolute atomic E-state index is 13.4. The third-order valence-corrected chi connectivity index (χ3v) is 6.67. The molecule has 0 fully saturated rings. The van der Waals surface area contributed by atoms with E-state index in [1.54, 1.807) is 32.0 Å². The molecule has 1 aliphatic heterocycles. The van der Waals surface area contributed by atoms with E-state index in [0.717, 1.165) is 11.3 Å². The lowest BCUT2D eigenvalue weighted by molar-refractivity contribution is -0.117. The number of carbonyl (C=O) groups is 3. The molecule has 1 unspecified atom stereocenters. The van der Waals surface area contributed by atoms with Crippen LogP contribution in [0, 0.1) is 6.92 Å². The van der Waals surface area contributed by atoms with Crippen molar-refractivity contribution in [2.75, 3.05) is 24.7 Å². The molecule has 3 heterocycles. The number of ketones is 1. The lowest BCUT2D eigenvalue weighted by Crippen LogP contribution is -2.31. The van der Waals surface area contributed by atoms with Crippen LogP contribution in [0.4, 0.5) is 5.13 Å². The summed E-state index contributed by atoms with van der Waals surface area (Å²) >= 11 is 0.937. The highest BCUT2D eigenvalue weighted by Crippen LogP contribution is 2.45. The predicted octanol–water partition coefficient (Wildman–Crippen LogP) is 4.80. The fraction of sp³-hybridized carbons (Fsp3) is 0.308. The number of anilines is 1. The summed E-state index contributed by atoms with van der Waals surface area (Å²) < 4.78 is 21.8. The number of thiazole rings is 1. The van der Waals surface area contributed by atoms with Crippen LogP contribution < -0.4 is 14.4 Å². The van der Waals surface area contributed by atoms with Crippen LogP contribution in [0.3, 0.4) is 0 Å². The van der Waals surface area contributed by atoms with Crippen LogP contribution in [0.25, 0.3) is 0 Å². The Balaban J connectivity index is 1.88. The highest BCUT2D eigenvalue weighted by atomic mass is 32.1. The number of aliphatic hydroxyl groups excluding tert-OH is 1. The Hall–Kier alpha value is -4.12. The number of esters is 1. The Kier molecular flexibility index (Phi) is 7.63. The van der Waals surface area contributed by atoms with E-state index in [4.69, 9.17) is 18.6 Å². The van der Waals surface area contributed by atoms with E-state index in [1.165, 1.54) is 23.3 Å². The molecule has 0 saturated carbocycles. The molecule has 4 rings (SSSR count). The molecule has 0 saturated heterocycles. The zero-order valence-corrected chi connectivity index (χ0v) is 21.6. The fourth-order valence-electron chi connectivity index (χ4n) is 4.00. The molecule has 1 aromatic carbocycles. The highest BCUT2D eigenvalue weighted by Gasteiger charge is 2.47. The molecule has 0 radical (unpaired) electrons. The monoisotopic (exact) mass is 526 g/mol. The smallest absolute Gasteiger partial charge is 0.350 e. The minimum atomic E-state index is -1.08. The van der Waals surface area contributed by atoms with Crippen molar-refractivity contribution >= 4 is 34.1 Å². The van der Waals surface area contributed by atoms with Gasteiger partial charge in [0.15, 0.2) is 28.1 Å². The fourth-order valence-corrected chi connectivity index (χ4v) is 4.99. The van der Waals surface area contributed by atoms with E-state index >= 15 is 0 Å². The molecule has 194 valence electrons.